The number of likely N-dealkylation sites (N-methyl/N-ethyl adjacent to an activating group) is 1. The monoisotopic (exact) mass is 480 g/mol. The Bertz CT molecular complexity index is 1190. The standard InChI is InChI=1S/C28H36N2O5/c1-19-23-18-22(32-3)7-8-25(23)35-24(19)10-13-29(2)11-6-12-30-14-9-20-15-26(33-4)27(34-5)16-21(20)17-28(30)31/h7-8,15-16,18H,6,9-14,17H2,1-5H3. The lowest BCUT2D eigenvalue weighted by atomic mass is 10.0. The first-order valence-electron chi connectivity index (χ1n) is 12.2. The molecule has 1 aliphatic heterocycles. The van der Waals surface area contributed by atoms with Gasteiger partial charge in [0.25, 0.3) is 0 Å². The summed E-state index contributed by atoms with van der Waals surface area (Å²) in [6, 6.07) is 9.88. The number of furan rings is 1. The Kier molecular flexibility index (Phi) is 7.86. The van der Waals surface area contributed by atoms with Gasteiger partial charge in [0.05, 0.1) is 27.8 Å². The zero-order valence-electron chi connectivity index (χ0n) is 21.5. The number of carbonyl (C=O) groups is 1. The number of ether oxygens (including phenoxy) is 3. The van der Waals surface area contributed by atoms with Gasteiger partial charge >= 0.3 is 0 Å². The van der Waals surface area contributed by atoms with Gasteiger partial charge in [0.15, 0.2) is 11.5 Å². The van der Waals surface area contributed by atoms with Crippen LogP contribution in [0.3, 0.4) is 0 Å². The molecular formula is C28H36N2O5. The molecule has 188 valence electrons. The summed E-state index contributed by atoms with van der Waals surface area (Å²) in [6.45, 7) is 5.42. The van der Waals surface area contributed by atoms with E-state index in [2.05, 4.69) is 18.9 Å². The number of rotatable bonds is 10. The van der Waals surface area contributed by atoms with Gasteiger partial charge in [0.1, 0.15) is 17.1 Å². The van der Waals surface area contributed by atoms with Gasteiger partial charge in [-0.2, -0.15) is 0 Å². The van der Waals surface area contributed by atoms with E-state index < -0.39 is 0 Å². The minimum absolute atomic E-state index is 0.173. The zero-order chi connectivity index (χ0) is 24.9. The smallest absolute Gasteiger partial charge is 0.227 e. The summed E-state index contributed by atoms with van der Waals surface area (Å²) in [4.78, 5) is 17.2. The van der Waals surface area contributed by atoms with Gasteiger partial charge in [-0.1, -0.05) is 0 Å². The summed E-state index contributed by atoms with van der Waals surface area (Å²) in [5.41, 5.74) is 4.27. The summed E-state index contributed by atoms with van der Waals surface area (Å²) in [5, 5.41) is 1.11. The molecule has 35 heavy (non-hydrogen) atoms. The quantitative estimate of drug-likeness (QED) is 0.432. The van der Waals surface area contributed by atoms with Crippen molar-refractivity contribution in [3.8, 4) is 17.2 Å². The summed E-state index contributed by atoms with van der Waals surface area (Å²) in [6.07, 6.45) is 3.01. The Morgan fingerprint density at radius 1 is 1.00 bits per heavy atom. The highest BCUT2D eigenvalue weighted by Crippen LogP contribution is 2.32. The van der Waals surface area contributed by atoms with Crippen molar-refractivity contribution in [1.29, 1.82) is 0 Å². The summed E-state index contributed by atoms with van der Waals surface area (Å²) >= 11 is 0. The molecule has 3 aromatic rings. The molecule has 2 aromatic carbocycles. The van der Waals surface area contributed by atoms with Gasteiger partial charge in [-0.05, 0) is 80.4 Å². The molecule has 0 bridgehead atoms. The highest BCUT2D eigenvalue weighted by molar-refractivity contribution is 5.83. The highest BCUT2D eigenvalue weighted by Gasteiger charge is 2.22. The number of hydrogen-bond donors (Lipinski definition) is 0. The lowest BCUT2D eigenvalue weighted by molar-refractivity contribution is -0.130. The maximum absolute atomic E-state index is 12.9. The van der Waals surface area contributed by atoms with E-state index in [0.717, 1.165) is 79.0 Å². The number of nitrogens with zero attached hydrogens (tertiary/aromatic N) is 2. The maximum Gasteiger partial charge on any atom is 0.227 e. The molecular weight excluding hydrogens is 444 g/mol. The van der Waals surface area contributed by atoms with Crippen molar-refractivity contribution in [3.05, 3.63) is 52.8 Å². The summed E-state index contributed by atoms with van der Waals surface area (Å²) < 4.78 is 22.3. The SMILES string of the molecule is COc1ccc2oc(CCN(C)CCCN3CCc4cc(OC)c(OC)cc4CC3=O)c(C)c2c1. The maximum atomic E-state index is 12.9. The Labute approximate surface area is 207 Å². The van der Waals surface area contributed by atoms with Crippen LogP contribution in [0, 0.1) is 6.92 Å². The average molecular weight is 481 g/mol. The largest absolute Gasteiger partial charge is 0.497 e. The molecule has 7 nitrogen and oxygen atoms in total. The second-order valence-electron chi connectivity index (χ2n) is 9.20. The van der Waals surface area contributed by atoms with Gasteiger partial charge in [0.2, 0.25) is 5.91 Å². The number of aryl methyl sites for hydroxylation is 1. The van der Waals surface area contributed by atoms with Crippen molar-refractivity contribution in [1.82, 2.24) is 9.80 Å². The third-order valence-corrected chi connectivity index (χ3v) is 6.98. The van der Waals surface area contributed by atoms with Crippen molar-refractivity contribution < 1.29 is 23.4 Å². The fourth-order valence-corrected chi connectivity index (χ4v) is 4.80. The molecule has 0 unspecified atom stereocenters. The van der Waals surface area contributed by atoms with Crippen molar-refractivity contribution >= 4 is 16.9 Å². The van der Waals surface area contributed by atoms with Crippen molar-refractivity contribution in [2.24, 2.45) is 0 Å². The van der Waals surface area contributed by atoms with E-state index in [-0.39, 0.29) is 5.91 Å². The molecule has 2 heterocycles. The molecule has 0 atom stereocenters. The van der Waals surface area contributed by atoms with Gasteiger partial charge in [-0.15, -0.1) is 0 Å². The van der Waals surface area contributed by atoms with E-state index in [0.29, 0.717) is 17.9 Å². The second-order valence-corrected chi connectivity index (χ2v) is 9.20. The number of methoxy groups -OCH3 is 3. The molecule has 0 fully saturated rings. The van der Waals surface area contributed by atoms with Crippen molar-refractivity contribution in [3.63, 3.8) is 0 Å². The number of carbonyl (C=O) groups excluding carboxylic acids is 1. The average Bonchev–Trinajstić information content (AvgIpc) is 3.10. The van der Waals surface area contributed by atoms with Crippen LogP contribution in [0.2, 0.25) is 0 Å². The Hall–Kier alpha value is -3.19. The van der Waals surface area contributed by atoms with Crippen LogP contribution >= 0.6 is 0 Å². The molecule has 0 saturated carbocycles. The lowest BCUT2D eigenvalue weighted by Crippen LogP contribution is -2.35. The Morgan fingerprint density at radius 2 is 1.74 bits per heavy atom. The van der Waals surface area contributed by atoms with E-state index in [1.165, 1.54) is 5.56 Å². The molecule has 1 amide bonds. The fraction of sp³-hybridized carbons (Fsp3) is 0.464. The van der Waals surface area contributed by atoms with E-state index >= 15 is 0 Å². The first-order chi connectivity index (χ1) is 16.9. The molecule has 0 radical (unpaired) electrons. The molecule has 0 N–H and O–H groups in total. The third-order valence-electron chi connectivity index (χ3n) is 6.98. The highest BCUT2D eigenvalue weighted by atomic mass is 16.5. The minimum Gasteiger partial charge on any atom is -0.497 e. The topological polar surface area (TPSA) is 64.4 Å². The first kappa shape index (κ1) is 24.9. The van der Waals surface area contributed by atoms with Crippen molar-refractivity contribution in [2.75, 3.05) is 54.6 Å². The van der Waals surface area contributed by atoms with Crippen LogP contribution in [0.5, 0.6) is 17.2 Å². The molecule has 1 aliphatic rings. The predicted octanol–water partition coefficient (Wildman–Crippen LogP) is 4.26. The van der Waals surface area contributed by atoms with Crippen molar-refractivity contribution in [2.45, 2.75) is 32.6 Å². The Balaban J connectivity index is 1.28. The van der Waals surface area contributed by atoms with Crippen LogP contribution in [0.4, 0.5) is 0 Å². The van der Waals surface area contributed by atoms with E-state index in [1.807, 2.05) is 35.2 Å². The van der Waals surface area contributed by atoms with Crippen LogP contribution in [0.25, 0.3) is 11.0 Å². The number of benzene rings is 2. The Morgan fingerprint density at radius 3 is 2.46 bits per heavy atom. The molecule has 0 aliphatic carbocycles. The summed E-state index contributed by atoms with van der Waals surface area (Å²) in [5.74, 6) is 3.42. The molecule has 0 saturated heterocycles. The van der Waals surface area contributed by atoms with E-state index in [9.17, 15) is 4.79 Å². The van der Waals surface area contributed by atoms with Crippen LogP contribution < -0.4 is 14.2 Å². The minimum atomic E-state index is 0.173. The summed E-state index contributed by atoms with van der Waals surface area (Å²) in [7, 11) is 7.07. The number of amides is 1. The molecule has 0 spiro atoms. The molecule has 7 heteroatoms. The number of hydrogen-bond acceptors (Lipinski definition) is 6. The van der Waals surface area contributed by atoms with E-state index in [4.69, 9.17) is 18.6 Å². The predicted molar refractivity (Wildman–Crippen MR) is 137 cm³/mol. The lowest BCUT2D eigenvalue weighted by Gasteiger charge is -2.22. The first-order valence-corrected chi connectivity index (χ1v) is 12.2. The van der Waals surface area contributed by atoms with Crippen LogP contribution in [-0.4, -0.2) is 70.3 Å². The zero-order valence-corrected chi connectivity index (χ0v) is 21.5. The molecule has 4 rings (SSSR count). The normalized spacial score (nSPS) is 13.8. The van der Waals surface area contributed by atoms with Gasteiger partial charge in [0, 0.05) is 31.4 Å². The second kappa shape index (κ2) is 11.0. The van der Waals surface area contributed by atoms with Crippen LogP contribution in [-0.2, 0) is 24.1 Å². The van der Waals surface area contributed by atoms with Gasteiger partial charge in [-0.25, -0.2) is 0 Å². The fourth-order valence-electron chi connectivity index (χ4n) is 4.80. The van der Waals surface area contributed by atoms with Crippen LogP contribution in [0.15, 0.2) is 34.7 Å². The third kappa shape index (κ3) is 5.56. The number of fused-ring (bicyclic) bond motifs is 2. The van der Waals surface area contributed by atoms with E-state index in [1.54, 1.807) is 21.3 Å². The van der Waals surface area contributed by atoms with Crippen LogP contribution in [0.1, 0.15) is 28.9 Å². The van der Waals surface area contributed by atoms with Gasteiger partial charge < -0.3 is 28.4 Å². The van der Waals surface area contributed by atoms with Gasteiger partial charge in [-0.3, -0.25) is 4.79 Å². The molecule has 1 aromatic heterocycles.